The first-order chi connectivity index (χ1) is 12.7. The maximum absolute atomic E-state index is 10.2. The maximum Gasteiger partial charge on any atom is 0.0917 e. The van der Waals surface area contributed by atoms with Gasteiger partial charge in [-0.25, -0.2) is 0 Å². The lowest BCUT2D eigenvalue weighted by molar-refractivity contribution is -0.0964. The summed E-state index contributed by atoms with van der Waals surface area (Å²) in [7, 11) is 0. The Hall–Kier alpha value is -0.600. The van der Waals surface area contributed by atoms with E-state index in [-0.39, 0.29) is 17.8 Å². The number of rotatable bonds is 3. The van der Waals surface area contributed by atoms with Crippen LogP contribution < -0.4 is 0 Å². The van der Waals surface area contributed by atoms with Crippen molar-refractivity contribution < 1.29 is 9.84 Å². The molecular formula is C25H40O2. The van der Waals surface area contributed by atoms with Crippen LogP contribution in [0.3, 0.4) is 0 Å². The van der Waals surface area contributed by atoms with E-state index in [1.54, 1.807) is 16.7 Å². The molecule has 0 radical (unpaired) electrons. The molecule has 0 aromatic heterocycles. The Morgan fingerprint density at radius 2 is 1.85 bits per heavy atom. The van der Waals surface area contributed by atoms with Crippen LogP contribution in [0, 0.1) is 29.1 Å². The first-order valence-corrected chi connectivity index (χ1v) is 11.4. The van der Waals surface area contributed by atoms with Crippen LogP contribution in [-0.2, 0) is 4.74 Å². The normalized spacial score (nSPS) is 44.3. The van der Waals surface area contributed by atoms with Crippen molar-refractivity contribution in [2.24, 2.45) is 29.1 Å². The third kappa shape index (κ3) is 2.89. The van der Waals surface area contributed by atoms with Gasteiger partial charge in [-0.05, 0) is 100 Å². The zero-order valence-corrected chi connectivity index (χ0v) is 18.3. The van der Waals surface area contributed by atoms with Crippen molar-refractivity contribution in [3.05, 3.63) is 22.8 Å². The van der Waals surface area contributed by atoms with Crippen LogP contribution in [0.5, 0.6) is 0 Å². The van der Waals surface area contributed by atoms with Crippen LogP contribution in [-0.4, -0.2) is 22.9 Å². The molecular weight excluding hydrogens is 332 g/mol. The van der Waals surface area contributed by atoms with Gasteiger partial charge in [0.1, 0.15) is 0 Å². The number of aliphatic hydroxyl groups is 1. The molecule has 0 saturated heterocycles. The highest BCUT2D eigenvalue weighted by atomic mass is 16.5. The topological polar surface area (TPSA) is 29.5 Å². The fraction of sp³-hybridized carbons (Fsp3) is 0.840. The quantitative estimate of drug-likeness (QED) is 0.611. The van der Waals surface area contributed by atoms with Crippen LogP contribution in [0.4, 0.5) is 0 Å². The fourth-order valence-electron chi connectivity index (χ4n) is 7.41. The predicted octanol–water partition coefficient (Wildman–Crippen LogP) is 6.05. The minimum absolute atomic E-state index is 0.0621. The SMILES string of the molecule is CC1=C2C[C@H]3[C@@H](CC=C4C[C@@H](O)CC[C@@]43C)[C@@H]2CC[C@@]1(OC(C)C)C(C)C. The Balaban J connectivity index is 1.70. The van der Waals surface area contributed by atoms with Gasteiger partial charge in [0, 0.05) is 0 Å². The molecule has 0 spiro atoms. The summed E-state index contributed by atoms with van der Waals surface area (Å²) in [5.74, 6) is 2.86. The van der Waals surface area contributed by atoms with Gasteiger partial charge in [0.05, 0.1) is 17.8 Å². The predicted molar refractivity (Wildman–Crippen MR) is 111 cm³/mol. The number of fused-ring (bicyclic) bond motifs is 5. The summed E-state index contributed by atoms with van der Waals surface area (Å²) < 4.78 is 6.66. The highest BCUT2D eigenvalue weighted by Crippen LogP contribution is 2.64. The van der Waals surface area contributed by atoms with Gasteiger partial charge < -0.3 is 9.84 Å². The molecule has 0 bridgehead atoms. The van der Waals surface area contributed by atoms with Gasteiger partial charge >= 0.3 is 0 Å². The van der Waals surface area contributed by atoms with E-state index in [1.807, 2.05) is 0 Å². The smallest absolute Gasteiger partial charge is 0.0917 e. The Morgan fingerprint density at radius 1 is 1.11 bits per heavy atom. The molecule has 2 nitrogen and oxygen atoms in total. The Kier molecular flexibility index (Phi) is 4.91. The van der Waals surface area contributed by atoms with Gasteiger partial charge in [-0.3, -0.25) is 0 Å². The average molecular weight is 373 g/mol. The molecule has 0 amide bonds. The van der Waals surface area contributed by atoms with Crippen LogP contribution in [0.25, 0.3) is 0 Å². The van der Waals surface area contributed by atoms with Crippen molar-refractivity contribution >= 4 is 0 Å². The van der Waals surface area contributed by atoms with Gasteiger partial charge in [-0.15, -0.1) is 0 Å². The lowest BCUT2D eigenvalue weighted by atomic mass is 9.56. The van der Waals surface area contributed by atoms with Crippen LogP contribution in [0.1, 0.15) is 86.5 Å². The standard InChI is InChI=1S/C25H40O2/c1-15(2)25(27-16(3)4)12-10-20-21-8-7-18-13-19(26)9-11-24(18,6)23(21)14-22(20)17(25)5/h7,15-16,19-21,23,26H,8-14H2,1-6H3/t19-,20-,21-,23-,24-,25+/m0/s1. The Morgan fingerprint density at radius 3 is 2.52 bits per heavy atom. The van der Waals surface area contributed by atoms with E-state index < -0.39 is 0 Å². The summed E-state index contributed by atoms with van der Waals surface area (Å²) in [5, 5.41) is 10.2. The van der Waals surface area contributed by atoms with Crippen LogP contribution in [0.15, 0.2) is 22.8 Å². The highest BCUT2D eigenvalue weighted by Gasteiger charge is 2.56. The second-order valence-electron chi connectivity index (χ2n) is 10.8. The summed E-state index contributed by atoms with van der Waals surface area (Å²) in [6, 6.07) is 0. The lowest BCUT2D eigenvalue weighted by Gasteiger charge is -2.49. The Labute approximate surface area is 166 Å². The molecule has 27 heavy (non-hydrogen) atoms. The van der Waals surface area contributed by atoms with Gasteiger partial charge in [0.15, 0.2) is 0 Å². The first-order valence-electron chi connectivity index (χ1n) is 11.4. The van der Waals surface area contributed by atoms with Crippen molar-refractivity contribution in [2.75, 3.05) is 0 Å². The molecule has 1 N–H and O–H groups in total. The van der Waals surface area contributed by atoms with Gasteiger partial charge in [-0.2, -0.15) is 0 Å². The van der Waals surface area contributed by atoms with Gasteiger partial charge in [0.2, 0.25) is 0 Å². The molecule has 2 heteroatoms. The number of hydrogen-bond acceptors (Lipinski definition) is 2. The zero-order valence-electron chi connectivity index (χ0n) is 18.3. The van der Waals surface area contributed by atoms with Crippen molar-refractivity contribution in [1.29, 1.82) is 0 Å². The van der Waals surface area contributed by atoms with Crippen molar-refractivity contribution in [2.45, 2.75) is 104 Å². The van der Waals surface area contributed by atoms with E-state index in [4.69, 9.17) is 4.74 Å². The summed E-state index contributed by atoms with van der Waals surface area (Å²) in [6.07, 6.45) is 10.7. The molecule has 2 fully saturated rings. The van der Waals surface area contributed by atoms with E-state index in [0.29, 0.717) is 11.3 Å². The number of aliphatic hydroxyl groups excluding tert-OH is 1. The fourth-order valence-corrected chi connectivity index (χ4v) is 7.41. The highest BCUT2D eigenvalue weighted by molar-refractivity contribution is 5.37. The van der Waals surface area contributed by atoms with Crippen molar-refractivity contribution in [1.82, 2.24) is 0 Å². The molecule has 0 unspecified atom stereocenters. The minimum atomic E-state index is -0.112. The lowest BCUT2D eigenvalue weighted by Crippen LogP contribution is -2.45. The molecule has 4 aliphatic carbocycles. The molecule has 0 aromatic carbocycles. The summed E-state index contributed by atoms with van der Waals surface area (Å²) >= 11 is 0. The van der Waals surface area contributed by atoms with Crippen LogP contribution in [0.2, 0.25) is 0 Å². The molecule has 2 saturated carbocycles. The number of ether oxygens (including phenoxy) is 1. The first kappa shape index (κ1) is 19.7. The molecule has 4 rings (SSSR count). The minimum Gasteiger partial charge on any atom is -0.393 e. The maximum atomic E-state index is 10.2. The Bertz CT molecular complexity index is 657. The third-order valence-electron chi connectivity index (χ3n) is 8.88. The number of allylic oxidation sites excluding steroid dienone is 2. The summed E-state index contributed by atoms with van der Waals surface area (Å²) in [4.78, 5) is 0. The molecule has 152 valence electrons. The molecule has 0 aromatic rings. The second-order valence-corrected chi connectivity index (χ2v) is 10.8. The monoisotopic (exact) mass is 372 g/mol. The summed E-state index contributed by atoms with van der Waals surface area (Å²) in [5.41, 5.74) is 5.12. The average Bonchev–Trinajstić information content (AvgIpc) is 2.98. The third-order valence-corrected chi connectivity index (χ3v) is 8.88. The van der Waals surface area contributed by atoms with E-state index in [1.165, 1.54) is 25.7 Å². The van der Waals surface area contributed by atoms with E-state index in [9.17, 15) is 5.11 Å². The molecule has 6 atom stereocenters. The number of hydrogen-bond donors (Lipinski definition) is 1. The van der Waals surface area contributed by atoms with Crippen molar-refractivity contribution in [3.8, 4) is 0 Å². The summed E-state index contributed by atoms with van der Waals surface area (Å²) in [6.45, 7) is 14.0. The largest absolute Gasteiger partial charge is 0.393 e. The van der Waals surface area contributed by atoms with Gasteiger partial charge in [-0.1, -0.05) is 38.0 Å². The van der Waals surface area contributed by atoms with Crippen molar-refractivity contribution in [3.63, 3.8) is 0 Å². The van der Waals surface area contributed by atoms with E-state index in [2.05, 4.69) is 47.6 Å². The van der Waals surface area contributed by atoms with Gasteiger partial charge in [0.25, 0.3) is 0 Å². The zero-order chi connectivity index (χ0) is 19.6. The molecule has 0 heterocycles. The van der Waals surface area contributed by atoms with Crippen LogP contribution >= 0.6 is 0 Å². The van der Waals surface area contributed by atoms with E-state index >= 15 is 0 Å². The second kappa shape index (κ2) is 6.73. The molecule has 4 aliphatic rings. The van der Waals surface area contributed by atoms with E-state index in [0.717, 1.165) is 37.0 Å². The molecule has 0 aliphatic heterocycles.